The van der Waals surface area contributed by atoms with Gasteiger partial charge >= 0.3 is 0 Å². The summed E-state index contributed by atoms with van der Waals surface area (Å²) in [6.07, 6.45) is 0. The number of fused-ring (bicyclic) bond motifs is 6. The molecule has 0 fully saturated rings. The van der Waals surface area contributed by atoms with Gasteiger partial charge in [-0.1, -0.05) is 178 Å². The van der Waals surface area contributed by atoms with Crippen LogP contribution < -0.4 is 0 Å². The summed E-state index contributed by atoms with van der Waals surface area (Å²) in [7, 11) is 0. The molecule has 0 unspecified atom stereocenters. The molecular weight excluding hydrogens is 967 g/mol. The average molecular weight is 1030 g/mol. The van der Waals surface area contributed by atoms with Crippen LogP contribution in [0.3, 0.4) is 0 Å². The maximum Gasteiger partial charge on any atom is 0.197 e. The van der Waals surface area contributed by atoms with E-state index in [1.54, 1.807) is 0 Å². The topological polar surface area (TPSA) is 14.2 Å². The van der Waals surface area contributed by atoms with E-state index < -0.39 is 0 Å². The number of benzene rings is 11. The zero-order chi connectivity index (χ0) is 55.2. The number of hydrogen-bond acceptors (Lipinski definition) is 0. The van der Waals surface area contributed by atoms with E-state index in [9.17, 15) is 0 Å². The van der Waals surface area contributed by atoms with Crippen molar-refractivity contribution in [3.63, 3.8) is 0 Å². The molecular formula is C77H63N3. The zero-order valence-corrected chi connectivity index (χ0v) is 47.4. The Kier molecular flexibility index (Phi) is 12.2. The second-order valence-electron chi connectivity index (χ2n) is 22.8. The number of rotatable bonds is 8. The molecule has 0 amide bonds. The van der Waals surface area contributed by atoms with Crippen molar-refractivity contribution in [1.82, 2.24) is 9.13 Å². The van der Waals surface area contributed by atoms with E-state index in [4.69, 9.17) is 6.57 Å². The van der Waals surface area contributed by atoms with Crippen LogP contribution in [0.15, 0.2) is 200 Å². The van der Waals surface area contributed by atoms with Crippen LogP contribution in [0.5, 0.6) is 0 Å². The van der Waals surface area contributed by atoms with Gasteiger partial charge in [-0.25, -0.2) is 4.85 Å². The maximum atomic E-state index is 9.13. The minimum absolute atomic E-state index is 0.588. The van der Waals surface area contributed by atoms with Crippen molar-refractivity contribution >= 4 is 49.3 Å². The van der Waals surface area contributed by atoms with Crippen molar-refractivity contribution in [2.45, 2.75) is 69.2 Å². The standard InChI is InChI=1S/C77H63N3/c1-45-18-25-61(52(8)34-45)57-23-30-72-67(43-57)68-44-58(62-26-19-46(2)35-53(62)9)24-31-73(68)80(72)75-17-13-15-69(78-11)77(75)76-64(63-27-20-47(3)36-54(63)10)14-12-16-74(76)79-70-28-21-55(59-37-48(4)32-49(5)38-59)41-65(70)66-42-56(22-29-71(66)79)60-39-50(6)33-51(7)40-60/h12-44H,1-10H3. The van der Waals surface area contributed by atoms with Crippen molar-refractivity contribution < 1.29 is 0 Å². The SMILES string of the molecule is [C-]#[N+]c1cccc(-n2c3ccc(-c4ccc(C)cc4C)cc3c3cc(-c4ccc(C)cc4C)ccc32)c1-c1c(-c2ccc(C)cc2C)cccc1-n1c2ccc(-c3cc(C)cc(C)c3)cc2c2cc(-c3cc(C)cc(C)c3)ccc21. The van der Waals surface area contributed by atoms with Crippen molar-refractivity contribution in [2.24, 2.45) is 0 Å². The molecule has 0 saturated carbocycles. The van der Waals surface area contributed by atoms with Crippen molar-refractivity contribution in [1.29, 1.82) is 0 Å². The molecule has 0 spiro atoms. The van der Waals surface area contributed by atoms with Gasteiger partial charge in [0.25, 0.3) is 0 Å². The summed E-state index contributed by atoms with van der Waals surface area (Å²) < 4.78 is 4.92. The minimum atomic E-state index is 0.588. The number of nitrogens with zero attached hydrogens (tertiary/aromatic N) is 3. The smallest absolute Gasteiger partial charge is 0.197 e. The fourth-order valence-corrected chi connectivity index (χ4v) is 13.2. The molecule has 13 aromatic rings. The summed E-state index contributed by atoms with van der Waals surface area (Å²) in [5.41, 5.74) is 32.9. The van der Waals surface area contributed by atoms with Gasteiger partial charge in [-0.05, 0) is 202 Å². The van der Waals surface area contributed by atoms with Gasteiger partial charge in [-0.3, -0.25) is 0 Å². The van der Waals surface area contributed by atoms with E-state index in [1.165, 1.54) is 111 Å². The molecule has 0 aliphatic rings. The Morgan fingerprint density at radius 2 is 0.637 bits per heavy atom. The summed E-state index contributed by atoms with van der Waals surface area (Å²) in [5.74, 6) is 0. The lowest BCUT2D eigenvalue weighted by atomic mass is 9.88. The van der Waals surface area contributed by atoms with Crippen LogP contribution in [0.4, 0.5) is 5.69 Å². The monoisotopic (exact) mass is 1030 g/mol. The molecule has 13 rings (SSSR count). The van der Waals surface area contributed by atoms with E-state index in [0.717, 1.165) is 66.5 Å². The number of aryl methyl sites for hydroxylation is 10. The molecule has 0 atom stereocenters. The Balaban J connectivity index is 1.14. The fourth-order valence-electron chi connectivity index (χ4n) is 13.2. The van der Waals surface area contributed by atoms with Gasteiger partial charge in [0.2, 0.25) is 0 Å². The van der Waals surface area contributed by atoms with Crippen LogP contribution in [0, 0.1) is 75.8 Å². The lowest BCUT2D eigenvalue weighted by Crippen LogP contribution is -2.04. The molecule has 0 radical (unpaired) electrons. The van der Waals surface area contributed by atoms with E-state index in [2.05, 4.69) is 277 Å². The summed E-state index contributed by atoms with van der Waals surface area (Å²) in [4.78, 5) is 4.48. The van der Waals surface area contributed by atoms with Gasteiger partial charge in [0.05, 0.1) is 34.3 Å². The molecule has 3 heteroatoms. The van der Waals surface area contributed by atoms with Crippen LogP contribution in [-0.2, 0) is 0 Å². The molecule has 0 N–H and O–H groups in total. The molecule has 0 aliphatic carbocycles. The summed E-state index contributed by atoms with van der Waals surface area (Å²) >= 11 is 0. The number of aromatic nitrogens is 2. The van der Waals surface area contributed by atoms with Crippen molar-refractivity contribution in [2.75, 3.05) is 0 Å². The van der Waals surface area contributed by atoms with Crippen molar-refractivity contribution in [3.05, 3.63) is 267 Å². The summed E-state index contributed by atoms with van der Waals surface area (Å²) in [6, 6.07) is 75.0. The molecule has 3 nitrogen and oxygen atoms in total. The highest BCUT2D eigenvalue weighted by Gasteiger charge is 2.27. The van der Waals surface area contributed by atoms with E-state index in [-0.39, 0.29) is 0 Å². The second kappa shape index (κ2) is 19.5. The normalized spacial score (nSPS) is 11.6. The molecule has 2 heterocycles. The van der Waals surface area contributed by atoms with Gasteiger partial charge in [-0.2, -0.15) is 0 Å². The van der Waals surface area contributed by atoms with E-state index in [1.807, 2.05) is 6.07 Å². The fraction of sp³-hybridized carbons (Fsp3) is 0.130. The first-order valence-electron chi connectivity index (χ1n) is 27.9. The first-order valence-corrected chi connectivity index (χ1v) is 27.9. The van der Waals surface area contributed by atoms with Crippen LogP contribution in [0.25, 0.3) is 127 Å². The van der Waals surface area contributed by atoms with Gasteiger partial charge < -0.3 is 9.13 Å². The van der Waals surface area contributed by atoms with Crippen LogP contribution in [-0.4, -0.2) is 9.13 Å². The minimum Gasteiger partial charge on any atom is -0.310 e. The average Bonchev–Trinajstić information content (AvgIpc) is 3.96. The number of hydrogen-bond donors (Lipinski definition) is 0. The first kappa shape index (κ1) is 50.0. The third-order valence-corrected chi connectivity index (χ3v) is 16.6. The highest BCUT2D eigenvalue weighted by molar-refractivity contribution is 6.15. The largest absolute Gasteiger partial charge is 0.310 e. The van der Waals surface area contributed by atoms with Gasteiger partial charge in [-0.15, -0.1) is 0 Å². The van der Waals surface area contributed by atoms with Gasteiger partial charge in [0, 0.05) is 38.4 Å². The van der Waals surface area contributed by atoms with Crippen LogP contribution in [0.1, 0.15) is 55.6 Å². The third kappa shape index (κ3) is 8.51. The van der Waals surface area contributed by atoms with Crippen LogP contribution >= 0.6 is 0 Å². The predicted octanol–water partition coefficient (Wildman–Crippen LogP) is 21.5. The van der Waals surface area contributed by atoms with E-state index in [0.29, 0.717) is 5.69 Å². The quantitative estimate of drug-likeness (QED) is 0.135. The Morgan fingerprint density at radius 1 is 0.275 bits per heavy atom. The Morgan fingerprint density at radius 3 is 1.04 bits per heavy atom. The lowest BCUT2D eigenvalue weighted by Gasteiger charge is -2.23. The zero-order valence-electron chi connectivity index (χ0n) is 47.4. The Labute approximate surface area is 470 Å². The molecule has 386 valence electrons. The van der Waals surface area contributed by atoms with Crippen LogP contribution in [0.2, 0.25) is 0 Å². The molecule has 11 aromatic carbocycles. The van der Waals surface area contributed by atoms with E-state index >= 15 is 0 Å². The summed E-state index contributed by atoms with van der Waals surface area (Å²) in [6.45, 7) is 31.0. The van der Waals surface area contributed by atoms with Gasteiger partial charge in [0.1, 0.15) is 0 Å². The molecule has 2 aromatic heterocycles. The maximum absolute atomic E-state index is 9.13. The lowest BCUT2D eigenvalue weighted by molar-refractivity contribution is 1.16. The van der Waals surface area contributed by atoms with Crippen molar-refractivity contribution in [3.8, 4) is 78.1 Å². The predicted molar refractivity (Wildman–Crippen MR) is 341 cm³/mol. The second-order valence-corrected chi connectivity index (χ2v) is 22.8. The Hall–Kier alpha value is -9.49. The highest BCUT2D eigenvalue weighted by atomic mass is 15.0. The van der Waals surface area contributed by atoms with Gasteiger partial charge in [0.15, 0.2) is 5.69 Å². The molecule has 80 heavy (non-hydrogen) atoms. The Bertz CT molecular complexity index is 4520. The molecule has 0 saturated heterocycles. The first-order chi connectivity index (χ1) is 38.7. The molecule has 0 aliphatic heterocycles. The third-order valence-electron chi connectivity index (χ3n) is 16.6. The molecule has 0 bridgehead atoms. The summed E-state index contributed by atoms with van der Waals surface area (Å²) in [5, 5.41) is 4.66. The highest BCUT2D eigenvalue weighted by Crippen LogP contribution is 2.50.